The number of esters is 1. The van der Waals surface area contributed by atoms with Crippen LogP contribution in [0.2, 0.25) is 0 Å². The van der Waals surface area contributed by atoms with Crippen molar-refractivity contribution in [1.82, 2.24) is 5.32 Å². The first-order valence-corrected chi connectivity index (χ1v) is 6.55. The van der Waals surface area contributed by atoms with Gasteiger partial charge in [-0.1, -0.05) is 12.1 Å². The number of nitrogens with zero attached hydrogens (tertiary/aromatic N) is 1. The molecule has 0 bridgehead atoms. The molecule has 1 amide bonds. The summed E-state index contributed by atoms with van der Waals surface area (Å²) >= 11 is 0. The minimum atomic E-state index is -0.588. The number of hydrogen-bond acceptors (Lipinski definition) is 5. The molecule has 0 heterocycles. The van der Waals surface area contributed by atoms with Gasteiger partial charge in [0.05, 0.1) is 17.9 Å². The maximum atomic E-state index is 12.0. The normalized spacial score (nSPS) is 10.4. The lowest BCUT2D eigenvalue weighted by atomic mass is 10.1. The third-order valence-electron chi connectivity index (χ3n) is 2.49. The number of benzene rings is 1. The summed E-state index contributed by atoms with van der Waals surface area (Å²) in [6.07, 6.45) is 1.34. The maximum Gasteiger partial charge on any atom is 0.340 e. The van der Waals surface area contributed by atoms with Crippen molar-refractivity contribution in [2.24, 2.45) is 0 Å². The first-order chi connectivity index (χ1) is 10.1. The second kappa shape index (κ2) is 8.38. The molecule has 0 radical (unpaired) electrons. The predicted octanol–water partition coefficient (Wildman–Crippen LogP) is 1.82. The van der Waals surface area contributed by atoms with Crippen LogP contribution < -0.4 is 10.6 Å². The molecule has 6 nitrogen and oxygen atoms in total. The Morgan fingerprint density at radius 1 is 1.33 bits per heavy atom. The maximum absolute atomic E-state index is 12.0. The molecule has 21 heavy (non-hydrogen) atoms. The number of anilines is 1. The fraction of sp³-hybridized carbons (Fsp3) is 0.267. The Morgan fingerprint density at radius 2 is 2.05 bits per heavy atom. The van der Waals surface area contributed by atoms with Crippen molar-refractivity contribution < 1.29 is 14.3 Å². The average Bonchev–Trinajstić information content (AvgIpc) is 2.48. The first-order valence-electron chi connectivity index (χ1n) is 6.55. The van der Waals surface area contributed by atoms with E-state index in [1.807, 2.05) is 6.92 Å². The molecule has 0 unspecified atom stereocenters. The van der Waals surface area contributed by atoms with E-state index in [0.717, 1.165) is 0 Å². The Balaban J connectivity index is 2.95. The van der Waals surface area contributed by atoms with Crippen molar-refractivity contribution >= 4 is 17.6 Å². The van der Waals surface area contributed by atoms with Gasteiger partial charge in [0, 0.05) is 12.7 Å². The van der Waals surface area contributed by atoms with Crippen molar-refractivity contribution in [1.29, 1.82) is 5.26 Å². The highest BCUT2D eigenvalue weighted by Gasteiger charge is 2.15. The zero-order valence-electron chi connectivity index (χ0n) is 12.0. The van der Waals surface area contributed by atoms with Crippen LogP contribution in [-0.4, -0.2) is 25.0 Å². The smallest absolute Gasteiger partial charge is 0.340 e. The van der Waals surface area contributed by atoms with Gasteiger partial charge in [-0.05, 0) is 26.0 Å². The van der Waals surface area contributed by atoms with E-state index in [1.54, 1.807) is 37.3 Å². The third-order valence-corrected chi connectivity index (χ3v) is 2.49. The molecule has 0 spiro atoms. The van der Waals surface area contributed by atoms with Gasteiger partial charge in [0.2, 0.25) is 0 Å². The number of amides is 1. The highest BCUT2D eigenvalue weighted by atomic mass is 16.5. The number of hydrogen-bond donors (Lipinski definition) is 2. The fourth-order valence-corrected chi connectivity index (χ4v) is 1.52. The average molecular weight is 287 g/mol. The highest BCUT2D eigenvalue weighted by molar-refractivity contribution is 6.09. The van der Waals surface area contributed by atoms with Gasteiger partial charge >= 0.3 is 5.97 Å². The molecule has 0 aromatic heterocycles. The zero-order valence-corrected chi connectivity index (χ0v) is 12.0. The summed E-state index contributed by atoms with van der Waals surface area (Å²) in [5.74, 6) is -1.11. The van der Waals surface area contributed by atoms with Crippen LogP contribution >= 0.6 is 0 Å². The van der Waals surface area contributed by atoms with Gasteiger partial charge in [-0.25, -0.2) is 4.79 Å². The van der Waals surface area contributed by atoms with Crippen LogP contribution in [0.15, 0.2) is 36.0 Å². The van der Waals surface area contributed by atoms with Crippen LogP contribution in [-0.2, 0) is 9.53 Å². The summed E-state index contributed by atoms with van der Waals surface area (Å²) in [6, 6.07) is 8.27. The van der Waals surface area contributed by atoms with Gasteiger partial charge in [-0.3, -0.25) is 4.79 Å². The Bertz CT molecular complexity index is 588. The van der Waals surface area contributed by atoms with E-state index in [0.29, 0.717) is 12.2 Å². The first kappa shape index (κ1) is 16.2. The largest absolute Gasteiger partial charge is 0.462 e. The minimum Gasteiger partial charge on any atom is -0.462 e. The van der Waals surface area contributed by atoms with Gasteiger partial charge in [0.1, 0.15) is 11.6 Å². The topological polar surface area (TPSA) is 91.2 Å². The molecule has 0 fully saturated rings. The van der Waals surface area contributed by atoms with E-state index >= 15 is 0 Å². The van der Waals surface area contributed by atoms with Crippen molar-refractivity contribution in [2.45, 2.75) is 13.8 Å². The van der Waals surface area contributed by atoms with Crippen molar-refractivity contribution in [3.05, 3.63) is 41.6 Å². The van der Waals surface area contributed by atoms with E-state index in [-0.39, 0.29) is 17.7 Å². The molecule has 0 aliphatic rings. The van der Waals surface area contributed by atoms with Gasteiger partial charge < -0.3 is 15.4 Å². The highest BCUT2D eigenvalue weighted by Crippen LogP contribution is 2.17. The molecular formula is C15H17N3O3. The number of nitrogens with one attached hydrogen (secondary N) is 2. The summed E-state index contributed by atoms with van der Waals surface area (Å²) in [6.45, 7) is 4.38. The summed E-state index contributed by atoms with van der Waals surface area (Å²) in [4.78, 5) is 23.8. The lowest BCUT2D eigenvalue weighted by Crippen LogP contribution is -2.18. The Hall–Kier alpha value is -2.81. The second-order valence-corrected chi connectivity index (χ2v) is 3.95. The van der Waals surface area contributed by atoms with Crippen LogP contribution in [0.5, 0.6) is 0 Å². The molecule has 110 valence electrons. The monoisotopic (exact) mass is 287 g/mol. The molecule has 2 N–H and O–H groups in total. The van der Waals surface area contributed by atoms with E-state index in [2.05, 4.69) is 10.6 Å². The third kappa shape index (κ3) is 4.66. The van der Waals surface area contributed by atoms with Gasteiger partial charge in [-0.15, -0.1) is 0 Å². The van der Waals surface area contributed by atoms with E-state index in [9.17, 15) is 9.59 Å². The van der Waals surface area contributed by atoms with Gasteiger partial charge in [0.25, 0.3) is 5.91 Å². The van der Waals surface area contributed by atoms with Crippen molar-refractivity contribution in [3.63, 3.8) is 0 Å². The molecule has 6 heteroatoms. The number of ether oxygens (including phenoxy) is 1. The Morgan fingerprint density at radius 3 is 2.67 bits per heavy atom. The molecule has 0 aliphatic carbocycles. The minimum absolute atomic E-state index is 0.0736. The quantitative estimate of drug-likeness (QED) is 0.473. The molecule has 0 atom stereocenters. The van der Waals surface area contributed by atoms with Crippen molar-refractivity contribution in [2.75, 3.05) is 18.5 Å². The number of carbonyl (C=O) groups is 2. The fourth-order valence-electron chi connectivity index (χ4n) is 1.52. The lowest BCUT2D eigenvalue weighted by Gasteiger charge is -2.09. The Kier molecular flexibility index (Phi) is 6.48. The van der Waals surface area contributed by atoms with Crippen LogP contribution in [0.4, 0.5) is 5.69 Å². The molecular weight excluding hydrogens is 270 g/mol. The standard InChI is InChI=1S/C15H17N3O3/c1-3-17-10-11(9-16)14(19)18-13-8-6-5-7-12(13)15(20)21-4-2/h5-8,10,17H,3-4H2,1-2H3,(H,18,19)/b11-10-. The van der Waals surface area contributed by atoms with E-state index in [1.165, 1.54) is 6.20 Å². The predicted molar refractivity (Wildman–Crippen MR) is 78.4 cm³/mol. The lowest BCUT2D eigenvalue weighted by molar-refractivity contribution is -0.112. The van der Waals surface area contributed by atoms with Crippen LogP contribution in [0, 0.1) is 11.3 Å². The van der Waals surface area contributed by atoms with Crippen molar-refractivity contribution in [3.8, 4) is 6.07 Å². The summed E-state index contributed by atoms with van der Waals surface area (Å²) in [5.41, 5.74) is 0.475. The molecule has 0 saturated heterocycles. The Labute approximate surface area is 123 Å². The van der Waals surface area contributed by atoms with Gasteiger partial charge in [-0.2, -0.15) is 5.26 Å². The van der Waals surface area contributed by atoms with E-state index in [4.69, 9.17) is 10.00 Å². The van der Waals surface area contributed by atoms with Gasteiger partial charge in [0.15, 0.2) is 0 Å². The number of carbonyl (C=O) groups excluding carboxylic acids is 2. The molecule has 0 aliphatic heterocycles. The number of rotatable bonds is 6. The van der Waals surface area contributed by atoms with Crippen LogP contribution in [0.1, 0.15) is 24.2 Å². The number of nitriles is 1. The van der Waals surface area contributed by atoms with Crippen LogP contribution in [0.25, 0.3) is 0 Å². The molecule has 0 saturated carbocycles. The molecule has 1 aromatic rings. The molecule has 1 rings (SSSR count). The number of para-hydroxylation sites is 1. The summed E-state index contributed by atoms with van der Waals surface area (Å²) < 4.78 is 4.92. The van der Waals surface area contributed by atoms with E-state index < -0.39 is 11.9 Å². The summed E-state index contributed by atoms with van der Waals surface area (Å²) in [5, 5.41) is 14.3. The van der Waals surface area contributed by atoms with Crippen LogP contribution in [0.3, 0.4) is 0 Å². The second-order valence-electron chi connectivity index (χ2n) is 3.95. The summed E-state index contributed by atoms with van der Waals surface area (Å²) in [7, 11) is 0. The SMILES string of the molecule is CCN/C=C(/C#N)C(=O)Nc1ccccc1C(=O)OCC. The molecule has 1 aromatic carbocycles. The zero-order chi connectivity index (χ0) is 15.7.